The number of thiazole rings is 1. The predicted molar refractivity (Wildman–Crippen MR) is 109 cm³/mol. The van der Waals surface area contributed by atoms with E-state index in [-0.39, 0.29) is 5.75 Å². The number of benzene rings is 2. The van der Waals surface area contributed by atoms with Gasteiger partial charge in [-0.05, 0) is 24.3 Å². The number of para-hydroxylation sites is 2. The highest BCUT2D eigenvalue weighted by Gasteiger charge is 2.23. The van der Waals surface area contributed by atoms with Gasteiger partial charge in [-0.15, -0.1) is 0 Å². The number of carbonyl (C=O) groups excluding carboxylic acids is 1. The zero-order chi connectivity index (χ0) is 18.8. The number of hydrogen-bond acceptors (Lipinski definition) is 6. The third kappa shape index (κ3) is 3.55. The molecule has 8 heteroatoms. The number of carbonyl (C=O) groups is 1. The van der Waals surface area contributed by atoms with Crippen molar-refractivity contribution < 1.29 is 9.90 Å². The minimum Gasteiger partial charge on any atom is -0.507 e. The third-order valence-corrected chi connectivity index (χ3v) is 5.09. The highest BCUT2D eigenvalue weighted by Crippen LogP contribution is 2.33. The van der Waals surface area contributed by atoms with Crippen LogP contribution in [0.4, 0.5) is 10.8 Å². The van der Waals surface area contributed by atoms with Gasteiger partial charge in [-0.3, -0.25) is 4.79 Å². The monoisotopic (exact) mass is 396 g/mol. The lowest BCUT2D eigenvalue weighted by Gasteiger charge is -2.05. The molecule has 0 atom stereocenters. The van der Waals surface area contributed by atoms with Crippen molar-refractivity contribution in [1.29, 1.82) is 0 Å². The normalized spacial score (nSPS) is 14.6. The number of hydrazone groups is 1. The lowest BCUT2D eigenvalue weighted by molar-refractivity contribution is -0.115. The van der Waals surface area contributed by atoms with Crippen molar-refractivity contribution in [2.24, 2.45) is 5.10 Å². The molecule has 27 heavy (non-hydrogen) atoms. The molecule has 4 rings (SSSR count). The van der Waals surface area contributed by atoms with E-state index in [9.17, 15) is 9.90 Å². The Kier molecular flexibility index (Phi) is 4.62. The van der Waals surface area contributed by atoms with Gasteiger partial charge in [0.25, 0.3) is 5.91 Å². The Morgan fingerprint density at radius 1 is 1.15 bits per heavy atom. The predicted octanol–water partition coefficient (Wildman–Crippen LogP) is 4.25. The van der Waals surface area contributed by atoms with Crippen LogP contribution < -0.4 is 10.7 Å². The van der Waals surface area contributed by atoms with Crippen molar-refractivity contribution >= 4 is 57.5 Å². The maximum absolute atomic E-state index is 12.5. The van der Waals surface area contributed by atoms with Crippen molar-refractivity contribution in [3.63, 3.8) is 0 Å². The van der Waals surface area contributed by atoms with E-state index in [0.717, 1.165) is 5.69 Å². The van der Waals surface area contributed by atoms with Crippen LogP contribution >= 0.6 is 22.9 Å². The van der Waals surface area contributed by atoms with Crippen LogP contribution in [0, 0.1) is 0 Å². The summed E-state index contributed by atoms with van der Waals surface area (Å²) in [6.07, 6.45) is 3.14. The molecule has 6 nitrogen and oxygen atoms in total. The number of aromatic nitrogens is 1. The number of phenolic OH excluding ortho intramolecular Hbond substituents is 1. The van der Waals surface area contributed by atoms with Gasteiger partial charge in [0, 0.05) is 5.56 Å². The number of rotatable bonds is 3. The lowest BCUT2D eigenvalue weighted by atomic mass is 10.1. The Hall–Kier alpha value is -3.16. The van der Waals surface area contributed by atoms with Crippen molar-refractivity contribution in [2.75, 3.05) is 5.32 Å². The second-order valence-corrected chi connectivity index (χ2v) is 7.09. The summed E-state index contributed by atoms with van der Waals surface area (Å²) in [6, 6.07) is 14.1. The molecule has 2 heterocycles. The Balaban J connectivity index is 1.77. The number of phenols is 1. The van der Waals surface area contributed by atoms with E-state index in [4.69, 9.17) is 11.6 Å². The zero-order valence-electron chi connectivity index (χ0n) is 13.8. The molecule has 1 amide bonds. The van der Waals surface area contributed by atoms with Gasteiger partial charge in [0.05, 0.1) is 33.1 Å². The molecular formula is C19H13ClN4O2S. The first kappa shape index (κ1) is 17.3. The summed E-state index contributed by atoms with van der Waals surface area (Å²) < 4.78 is 0. The van der Waals surface area contributed by atoms with Gasteiger partial charge in [-0.25, -0.2) is 10.4 Å². The number of nitrogens with one attached hydrogen (secondary N) is 2. The number of aromatic hydroxyl groups is 1. The van der Waals surface area contributed by atoms with Crippen molar-refractivity contribution in [2.45, 2.75) is 0 Å². The van der Waals surface area contributed by atoms with Gasteiger partial charge >= 0.3 is 0 Å². The van der Waals surface area contributed by atoms with Crippen LogP contribution in [-0.4, -0.2) is 22.2 Å². The second kappa shape index (κ2) is 7.22. The molecule has 3 aromatic rings. The molecule has 0 spiro atoms. The van der Waals surface area contributed by atoms with E-state index in [1.807, 2.05) is 18.2 Å². The second-order valence-electron chi connectivity index (χ2n) is 5.65. The number of fused-ring (bicyclic) bond motifs is 1. The van der Waals surface area contributed by atoms with E-state index < -0.39 is 5.91 Å². The van der Waals surface area contributed by atoms with Crippen LogP contribution in [0.1, 0.15) is 16.1 Å². The number of halogens is 1. The Morgan fingerprint density at radius 3 is 2.74 bits per heavy atom. The quantitative estimate of drug-likeness (QED) is 0.577. The molecule has 1 aliphatic rings. The highest BCUT2D eigenvalue weighted by molar-refractivity contribution is 7.17. The molecule has 3 N–H and O–H groups in total. The van der Waals surface area contributed by atoms with E-state index in [2.05, 4.69) is 20.8 Å². The van der Waals surface area contributed by atoms with Gasteiger partial charge in [-0.1, -0.05) is 53.3 Å². The molecule has 0 fully saturated rings. The number of hydrogen-bond donors (Lipinski definition) is 3. The summed E-state index contributed by atoms with van der Waals surface area (Å²) in [7, 11) is 0. The summed E-state index contributed by atoms with van der Waals surface area (Å²) >= 11 is 7.54. The molecule has 2 aromatic carbocycles. The van der Waals surface area contributed by atoms with Crippen molar-refractivity contribution in [3.8, 4) is 5.75 Å². The van der Waals surface area contributed by atoms with Gasteiger partial charge in [0.1, 0.15) is 5.75 Å². The minimum absolute atomic E-state index is 0.0779. The molecule has 0 saturated carbocycles. The SMILES string of the molecule is O=C1NN=Cc2sc(Nc3ccccc3Cl)nc2/C1=C/c1ccccc1O. The highest BCUT2D eigenvalue weighted by atomic mass is 35.5. The largest absolute Gasteiger partial charge is 0.507 e. The van der Waals surface area contributed by atoms with Gasteiger partial charge in [-0.2, -0.15) is 5.10 Å². The molecule has 0 bridgehead atoms. The van der Waals surface area contributed by atoms with Crippen molar-refractivity contribution in [3.05, 3.63) is 69.7 Å². The van der Waals surface area contributed by atoms with Crippen LogP contribution in [0.15, 0.2) is 53.6 Å². The standard InChI is InChI=1S/C19H13ClN4O2S/c20-13-6-2-3-7-14(13)22-19-23-17-12(9-11-5-1-4-8-15(11)25)18(26)24-21-10-16(17)27-19/h1-10,25H,(H,22,23)(H,24,26)/b12-9-. The third-order valence-electron chi connectivity index (χ3n) is 3.85. The fourth-order valence-corrected chi connectivity index (χ4v) is 3.61. The first-order valence-electron chi connectivity index (χ1n) is 7.97. The van der Waals surface area contributed by atoms with E-state index in [0.29, 0.717) is 31.9 Å². The minimum atomic E-state index is -0.400. The molecule has 0 saturated heterocycles. The Morgan fingerprint density at radius 2 is 1.93 bits per heavy atom. The smallest absolute Gasteiger partial charge is 0.273 e. The number of nitrogens with zero attached hydrogens (tertiary/aromatic N) is 2. The topological polar surface area (TPSA) is 86.6 Å². The van der Waals surface area contributed by atoms with Crippen molar-refractivity contribution in [1.82, 2.24) is 10.4 Å². The average Bonchev–Trinajstić information content (AvgIpc) is 2.99. The maximum Gasteiger partial charge on any atom is 0.273 e. The molecule has 1 aliphatic heterocycles. The molecular weight excluding hydrogens is 384 g/mol. The van der Waals surface area contributed by atoms with Gasteiger partial charge in [0.15, 0.2) is 5.13 Å². The summed E-state index contributed by atoms with van der Waals surface area (Å²) in [5.41, 5.74) is 4.48. The number of anilines is 2. The van der Waals surface area contributed by atoms with Crippen LogP contribution in [-0.2, 0) is 4.79 Å². The summed E-state index contributed by atoms with van der Waals surface area (Å²) in [5.74, 6) is -0.322. The number of amides is 1. The summed E-state index contributed by atoms with van der Waals surface area (Å²) in [4.78, 5) is 17.7. The van der Waals surface area contributed by atoms with Crippen LogP contribution in [0.3, 0.4) is 0 Å². The van der Waals surface area contributed by atoms with Crippen LogP contribution in [0.2, 0.25) is 5.02 Å². The molecule has 1 aromatic heterocycles. The lowest BCUT2D eigenvalue weighted by Crippen LogP contribution is -2.17. The van der Waals surface area contributed by atoms with E-state index in [1.54, 1.807) is 42.6 Å². The first-order valence-corrected chi connectivity index (χ1v) is 9.17. The first-order chi connectivity index (χ1) is 13.1. The van der Waals surface area contributed by atoms with E-state index in [1.165, 1.54) is 11.3 Å². The molecule has 0 unspecified atom stereocenters. The summed E-state index contributed by atoms with van der Waals surface area (Å²) in [5, 5.41) is 18.3. The van der Waals surface area contributed by atoms with E-state index >= 15 is 0 Å². The molecule has 0 radical (unpaired) electrons. The Labute approximate surface area is 163 Å². The van der Waals surface area contributed by atoms with Crippen LogP contribution in [0.25, 0.3) is 11.6 Å². The molecule has 134 valence electrons. The van der Waals surface area contributed by atoms with Gasteiger partial charge in [0.2, 0.25) is 0 Å². The average molecular weight is 397 g/mol. The fraction of sp³-hybridized carbons (Fsp3) is 0. The summed E-state index contributed by atoms with van der Waals surface area (Å²) in [6.45, 7) is 0. The Bertz CT molecular complexity index is 1090. The fourth-order valence-electron chi connectivity index (χ4n) is 2.56. The van der Waals surface area contributed by atoms with Crippen LogP contribution in [0.5, 0.6) is 5.75 Å². The zero-order valence-corrected chi connectivity index (χ0v) is 15.4. The maximum atomic E-state index is 12.5. The molecule has 0 aliphatic carbocycles. The van der Waals surface area contributed by atoms with Gasteiger partial charge < -0.3 is 10.4 Å².